The summed E-state index contributed by atoms with van der Waals surface area (Å²) < 4.78 is 16.7. The summed E-state index contributed by atoms with van der Waals surface area (Å²) in [5.74, 6) is -1.01. The van der Waals surface area contributed by atoms with Crippen molar-refractivity contribution in [3.63, 3.8) is 0 Å². The summed E-state index contributed by atoms with van der Waals surface area (Å²) in [5, 5.41) is 0. The molecule has 0 saturated heterocycles. The van der Waals surface area contributed by atoms with Crippen molar-refractivity contribution in [3.8, 4) is 0 Å². The van der Waals surface area contributed by atoms with Crippen molar-refractivity contribution in [3.05, 3.63) is 122 Å². The zero-order valence-corrected chi connectivity index (χ0v) is 41.7. The molecule has 65 heavy (non-hydrogen) atoms. The van der Waals surface area contributed by atoms with Crippen molar-refractivity contribution < 1.29 is 28.6 Å². The second-order valence-electron chi connectivity index (χ2n) is 16.7. The van der Waals surface area contributed by atoms with Gasteiger partial charge in [-0.15, -0.1) is 0 Å². The molecule has 6 nitrogen and oxygen atoms in total. The highest BCUT2D eigenvalue weighted by Gasteiger charge is 2.19. The fraction of sp³-hybridized carbons (Fsp3) is 0.610. The van der Waals surface area contributed by atoms with Crippen LogP contribution in [-0.2, 0) is 28.6 Å². The van der Waals surface area contributed by atoms with Crippen LogP contribution < -0.4 is 0 Å². The summed E-state index contributed by atoms with van der Waals surface area (Å²) in [4.78, 5) is 38.0. The largest absolute Gasteiger partial charge is 0.462 e. The van der Waals surface area contributed by atoms with E-state index in [4.69, 9.17) is 14.2 Å². The van der Waals surface area contributed by atoms with Gasteiger partial charge in [-0.05, 0) is 122 Å². The topological polar surface area (TPSA) is 78.9 Å². The van der Waals surface area contributed by atoms with E-state index in [2.05, 4.69) is 142 Å². The minimum atomic E-state index is -0.818. The zero-order chi connectivity index (χ0) is 47.2. The Kier molecular flexibility index (Phi) is 49.1. The fourth-order valence-corrected chi connectivity index (χ4v) is 6.58. The van der Waals surface area contributed by atoms with Gasteiger partial charge in [-0.25, -0.2) is 0 Å². The third kappa shape index (κ3) is 50.7. The second-order valence-corrected chi connectivity index (χ2v) is 16.7. The molecule has 0 aromatic heterocycles. The van der Waals surface area contributed by atoms with E-state index >= 15 is 0 Å². The molecular weight excluding hydrogens is 805 g/mol. The van der Waals surface area contributed by atoms with Gasteiger partial charge in [-0.1, -0.05) is 194 Å². The van der Waals surface area contributed by atoms with Crippen molar-refractivity contribution >= 4 is 17.9 Å². The van der Waals surface area contributed by atoms with Gasteiger partial charge in [0.05, 0.1) is 0 Å². The Hall–Kier alpha value is -4.19. The maximum Gasteiger partial charge on any atom is 0.306 e. The number of hydrogen-bond donors (Lipinski definition) is 0. The van der Waals surface area contributed by atoms with Crippen molar-refractivity contribution in [2.75, 3.05) is 13.2 Å². The van der Waals surface area contributed by atoms with Crippen LogP contribution in [0, 0.1) is 0 Å². The molecular formula is C59H94O6. The van der Waals surface area contributed by atoms with Gasteiger partial charge >= 0.3 is 17.9 Å². The van der Waals surface area contributed by atoms with Crippen molar-refractivity contribution in [1.82, 2.24) is 0 Å². The summed E-state index contributed by atoms with van der Waals surface area (Å²) in [5.41, 5.74) is 0. The Morgan fingerprint density at radius 3 is 1.02 bits per heavy atom. The number of ether oxygens (including phenoxy) is 3. The van der Waals surface area contributed by atoms with E-state index < -0.39 is 6.10 Å². The number of rotatable bonds is 45. The van der Waals surface area contributed by atoms with Crippen molar-refractivity contribution in [1.29, 1.82) is 0 Å². The summed E-state index contributed by atoms with van der Waals surface area (Å²) in [7, 11) is 0. The average molecular weight is 899 g/mol. The van der Waals surface area contributed by atoms with Gasteiger partial charge in [0.2, 0.25) is 0 Å². The quantitative estimate of drug-likeness (QED) is 0.0262. The van der Waals surface area contributed by atoms with E-state index in [0.717, 1.165) is 128 Å². The summed E-state index contributed by atoms with van der Waals surface area (Å²) in [6.45, 7) is 6.30. The lowest BCUT2D eigenvalue weighted by molar-refractivity contribution is -0.167. The molecule has 0 amide bonds. The SMILES string of the molecule is CC/C=C\C/C=C\C/C=C\C/C=C\C/C=C\CCCC(=O)OC[C@H](COC(=O)CCCCCC/C=C\C/C=C\C/C=C\C/C=C\CC)OC(=O)CCCCCCC/C=C\CCCCCC. The Bertz CT molecular complexity index is 1400. The standard InChI is InChI=1S/C59H94O6/c1-4-7-10-13-16-19-22-25-27-29-31-34-36-39-42-45-48-51-57(60)63-54-56(65-59(62)53-50-47-44-41-38-33-24-21-18-15-12-9-6-3)55-64-58(61)52-49-46-43-40-37-35-32-30-28-26-23-20-17-14-11-8-5-2/h7-8,10-11,16-17,19-21,24-28,31-32,34-35,39,42,56H,4-6,9,12-15,18,22-23,29-30,33,36-38,40-41,43-55H2,1-3H3/b10-7-,11-8-,19-16-,20-17-,24-21-,27-25-,28-26-,34-31-,35-32-,42-39-/t56-/m1/s1. The predicted octanol–water partition coefficient (Wildman–Crippen LogP) is 17.3. The van der Waals surface area contributed by atoms with Gasteiger partial charge in [-0.2, -0.15) is 0 Å². The first-order valence-electron chi connectivity index (χ1n) is 26.0. The number of unbranched alkanes of at least 4 members (excludes halogenated alkanes) is 14. The lowest BCUT2D eigenvalue weighted by atomic mass is 10.1. The molecule has 0 spiro atoms. The second kappa shape index (κ2) is 52.4. The Morgan fingerprint density at radius 2 is 0.615 bits per heavy atom. The fourth-order valence-electron chi connectivity index (χ4n) is 6.58. The molecule has 0 bridgehead atoms. The highest BCUT2D eigenvalue weighted by Crippen LogP contribution is 2.12. The first-order valence-corrected chi connectivity index (χ1v) is 26.0. The van der Waals surface area contributed by atoms with Crippen LogP contribution in [0.1, 0.15) is 213 Å². The molecule has 6 heteroatoms. The van der Waals surface area contributed by atoms with Crippen LogP contribution in [0.3, 0.4) is 0 Å². The first kappa shape index (κ1) is 60.8. The Morgan fingerprint density at radius 1 is 0.323 bits per heavy atom. The molecule has 0 rings (SSSR count). The van der Waals surface area contributed by atoms with Crippen LogP contribution in [0.15, 0.2) is 122 Å². The lowest BCUT2D eigenvalue weighted by Crippen LogP contribution is -2.30. The van der Waals surface area contributed by atoms with Gasteiger partial charge in [0, 0.05) is 19.3 Å². The Labute approximate surface area is 399 Å². The highest BCUT2D eigenvalue weighted by molar-refractivity contribution is 5.71. The van der Waals surface area contributed by atoms with Gasteiger partial charge in [0.1, 0.15) is 13.2 Å². The molecule has 0 heterocycles. The van der Waals surface area contributed by atoms with Crippen molar-refractivity contribution in [2.45, 2.75) is 219 Å². The van der Waals surface area contributed by atoms with Crippen LogP contribution >= 0.6 is 0 Å². The molecule has 0 aliphatic carbocycles. The number of esters is 3. The molecule has 0 aliphatic heterocycles. The molecule has 0 aromatic carbocycles. The van der Waals surface area contributed by atoms with E-state index in [-0.39, 0.29) is 37.5 Å². The smallest absolute Gasteiger partial charge is 0.306 e. The number of carbonyl (C=O) groups is 3. The van der Waals surface area contributed by atoms with Crippen molar-refractivity contribution in [2.24, 2.45) is 0 Å². The molecule has 0 fully saturated rings. The van der Waals surface area contributed by atoms with Crippen LogP contribution in [0.2, 0.25) is 0 Å². The monoisotopic (exact) mass is 899 g/mol. The molecule has 0 aromatic rings. The normalized spacial score (nSPS) is 13.1. The number of hydrogen-bond acceptors (Lipinski definition) is 6. The number of allylic oxidation sites excluding steroid dienone is 20. The number of carbonyl (C=O) groups excluding carboxylic acids is 3. The van der Waals surface area contributed by atoms with E-state index in [0.29, 0.717) is 19.3 Å². The predicted molar refractivity (Wildman–Crippen MR) is 279 cm³/mol. The molecule has 366 valence electrons. The molecule has 0 radical (unpaired) electrons. The van der Waals surface area contributed by atoms with E-state index in [1.54, 1.807) is 0 Å². The van der Waals surface area contributed by atoms with Crippen LogP contribution in [0.5, 0.6) is 0 Å². The van der Waals surface area contributed by atoms with Gasteiger partial charge in [0.15, 0.2) is 6.10 Å². The maximum absolute atomic E-state index is 12.8. The summed E-state index contributed by atoms with van der Waals surface area (Å²) in [6, 6.07) is 0. The summed E-state index contributed by atoms with van der Waals surface area (Å²) >= 11 is 0. The van der Waals surface area contributed by atoms with E-state index in [1.165, 1.54) is 38.5 Å². The van der Waals surface area contributed by atoms with Crippen LogP contribution in [-0.4, -0.2) is 37.2 Å². The van der Waals surface area contributed by atoms with Crippen LogP contribution in [0.25, 0.3) is 0 Å². The maximum atomic E-state index is 12.8. The third-order valence-electron chi connectivity index (χ3n) is 10.4. The molecule has 0 unspecified atom stereocenters. The average Bonchev–Trinajstić information content (AvgIpc) is 3.30. The van der Waals surface area contributed by atoms with E-state index in [1.807, 2.05) is 0 Å². The van der Waals surface area contributed by atoms with Gasteiger partial charge in [0.25, 0.3) is 0 Å². The third-order valence-corrected chi connectivity index (χ3v) is 10.4. The van der Waals surface area contributed by atoms with E-state index in [9.17, 15) is 14.4 Å². The van der Waals surface area contributed by atoms with Crippen LogP contribution in [0.4, 0.5) is 0 Å². The molecule has 0 aliphatic rings. The Balaban J connectivity index is 4.54. The molecule has 1 atom stereocenters. The first-order chi connectivity index (χ1) is 32.0. The van der Waals surface area contributed by atoms with Gasteiger partial charge in [-0.3, -0.25) is 14.4 Å². The lowest BCUT2D eigenvalue weighted by Gasteiger charge is -2.18. The minimum absolute atomic E-state index is 0.115. The highest BCUT2D eigenvalue weighted by atomic mass is 16.6. The van der Waals surface area contributed by atoms with Gasteiger partial charge < -0.3 is 14.2 Å². The summed E-state index contributed by atoms with van der Waals surface area (Å²) in [6.07, 6.45) is 71.8. The zero-order valence-electron chi connectivity index (χ0n) is 41.7. The molecule has 0 saturated carbocycles. The minimum Gasteiger partial charge on any atom is -0.462 e. The molecule has 0 N–H and O–H groups in total.